The lowest BCUT2D eigenvalue weighted by molar-refractivity contribution is 0.451. The minimum Gasteiger partial charge on any atom is -0.367 e. The molecule has 0 radical (unpaired) electrons. The van der Waals surface area contributed by atoms with Gasteiger partial charge < -0.3 is 5.32 Å². The van der Waals surface area contributed by atoms with Crippen molar-refractivity contribution < 1.29 is 8.42 Å². The molecule has 0 saturated heterocycles. The second kappa shape index (κ2) is 7.64. The largest absolute Gasteiger partial charge is 0.367 e. The number of hydrogen-bond donors (Lipinski definition) is 2. The number of benzene rings is 1. The molecule has 1 fully saturated rings. The van der Waals surface area contributed by atoms with E-state index in [0.717, 1.165) is 29.6 Å². The number of fused-ring (bicyclic) bond motifs is 1. The van der Waals surface area contributed by atoms with Crippen molar-refractivity contribution in [2.45, 2.75) is 43.4 Å². The fraction of sp³-hybridized carbons (Fsp3) is 0.421. The van der Waals surface area contributed by atoms with Crippen molar-refractivity contribution in [3.05, 3.63) is 48.4 Å². The molecule has 0 atom stereocenters. The third-order valence-electron chi connectivity index (χ3n) is 5.29. The first kappa shape index (κ1) is 17.9. The van der Waals surface area contributed by atoms with Crippen molar-refractivity contribution in [3.63, 3.8) is 0 Å². The van der Waals surface area contributed by atoms with Gasteiger partial charge in [0.2, 0.25) is 0 Å². The Labute approximate surface area is 158 Å². The normalized spacial score (nSPS) is 20.6. The zero-order valence-corrected chi connectivity index (χ0v) is 15.8. The monoisotopic (exact) mass is 385 g/mol. The first-order chi connectivity index (χ1) is 13.1. The molecular weight excluding hydrogens is 362 g/mol. The summed E-state index contributed by atoms with van der Waals surface area (Å²) < 4.78 is 25.4. The Balaban J connectivity index is 1.33. The number of aromatic amines is 1. The predicted octanol–water partition coefficient (Wildman–Crippen LogP) is 2.73. The van der Waals surface area contributed by atoms with Crippen LogP contribution in [0.2, 0.25) is 0 Å². The highest BCUT2D eigenvalue weighted by Crippen LogP contribution is 2.28. The van der Waals surface area contributed by atoms with E-state index in [1.165, 1.54) is 6.33 Å². The van der Waals surface area contributed by atoms with Crippen LogP contribution in [0.5, 0.6) is 0 Å². The fourth-order valence-corrected chi connectivity index (χ4v) is 5.55. The molecule has 142 valence electrons. The SMILES string of the molecule is O=S(=O)(CCc1ccccc1)C1CCC(Nc2ncnc3[nH]ncc23)CC1. The van der Waals surface area contributed by atoms with Gasteiger partial charge in [-0.25, -0.2) is 18.4 Å². The number of hydrogen-bond acceptors (Lipinski definition) is 6. The van der Waals surface area contributed by atoms with Crippen LogP contribution in [-0.2, 0) is 16.3 Å². The minimum atomic E-state index is -3.07. The summed E-state index contributed by atoms with van der Waals surface area (Å²) in [5.74, 6) is 0.977. The Bertz CT molecular complexity index is 995. The van der Waals surface area contributed by atoms with E-state index in [1.54, 1.807) is 6.20 Å². The summed E-state index contributed by atoms with van der Waals surface area (Å²) >= 11 is 0. The molecule has 27 heavy (non-hydrogen) atoms. The second-order valence-electron chi connectivity index (χ2n) is 7.08. The van der Waals surface area contributed by atoms with Gasteiger partial charge in [0.15, 0.2) is 15.5 Å². The maximum absolute atomic E-state index is 12.7. The van der Waals surface area contributed by atoms with Gasteiger partial charge in [0.1, 0.15) is 12.1 Å². The van der Waals surface area contributed by atoms with Crippen LogP contribution in [0.4, 0.5) is 5.82 Å². The first-order valence-corrected chi connectivity index (χ1v) is 11.0. The predicted molar refractivity (Wildman–Crippen MR) is 105 cm³/mol. The summed E-state index contributed by atoms with van der Waals surface area (Å²) in [6.45, 7) is 0. The second-order valence-corrected chi connectivity index (χ2v) is 9.48. The van der Waals surface area contributed by atoms with Crippen molar-refractivity contribution in [1.82, 2.24) is 20.2 Å². The number of aromatic nitrogens is 4. The Morgan fingerprint density at radius 1 is 1.07 bits per heavy atom. The summed E-state index contributed by atoms with van der Waals surface area (Å²) in [5, 5.41) is 10.9. The smallest absolute Gasteiger partial charge is 0.160 e. The van der Waals surface area contributed by atoms with Crippen LogP contribution in [0.1, 0.15) is 31.2 Å². The molecule has 0 aliphatic heterocycles. The van der Waals surface area contributed by atoms with Crippen LogP contribution in [0.15, 0.2) is 42.9 Å². The van der Waals surface area contributed by atoms with Gasteiger partial charge in [-0.1, -0.05) is 30.3 Å². The van der Waals surface area contributed by atoms with Crippen LogP contribution in [0.25, 0.3) is 11.0 Å². The van der Waals surface area contributed by atoms with Gasteiger partial charge >= 0.3 is 0 Å². The summed E-state index contributed by atoms with van der Waals surface area (Å²) in [7, 11) is -3.07. The zero-order chi connectivity index (χ0) is 18.7. The lowest BCUT2D eigenvalue weighted by atomic mass is 9.95. The van der Waals surface area contributed by atoms with E-state index in [2.05, 4.69) is 25.5 Å². The average Bonchev–Trinajstić information content (AvgIpc) is 3.18. The van der Waals surface area contributed by atoms with Crippen LogP contribution in [-0.4, -0.2) is 45.6 Å². The van der Waals surface area contributed by atoms with Gasteiger partial charge in [0.05, 0.1) is 22.6 Å². The maximum atomic E-state index is 12.7. The van der Waals surface area contributed by atoms with E-state index >= 15 is 0 Å². The van der Waals surface area contributed by atoms with Crippen molar-refractivity contribution in [2.24, 2.45) is 0 Å². The van der Waals surface area contributed by atoms with Crippen LogP contribution < -0.4 is 5.32 Å². The Morgan fingerprint density at radius 2 is 1.85 bits per heavy atom. The molecule has 1 aromatic carbocycles. The Kier molecular flexibility index (Phi) is 5.07. The van der Waals surface area contributed by atoms with E-state index in [-0.39, 0.29) is 17.0 Å². The zero-order valence-electron chi connectivity index (χ0n) is 15.0. The summed E-state index contributed by atoms with van der Waals surface area (Å²) in [6.07, 6.45) is 6.81. The van der Waals surface area contributed by atoms with Gasteiger partial charge in [0.25, 0.3) is 0 Å². The molecule has 1 aliphatic carbocycles. The molecule has 2 N–H and O–H groups in total. The van der Waals surface area contributed by atoms with Crippen LogP contribution in [0.3, 0.4) is 0 Å². The topological polar surface area (TPSA) is 101 Å². The molecule has 0 bridgehead atoms. The summed E-state index contributed by atoms with van der Waals surface area (Å²) in [6, 6.07) is 10.0. The van der Waals surface area contributed by atoms with Gasteiger partial charge in [-0.3, -0.25) is 5.10 Å². The third kappa shape index (κ3) is 4.10. The molecule has 4 rings (SSSR count). The number of H-pyrrole nitrogens is 1. The highest BCUT2D eigenvalue weighted by molar-refractivity contribution is 7.92. The summed E-state index contributed by atoms with van der Waals surface area (Å²) in [5.41, 5.74) is 1.77. The highest BCUT2D eigenvalue weighted by Gasteiger charge is 2.30. The maximum Gasteiger partial charge on any atom is 0.160 e. The highest BCUT2D eigenvalue weighted by atomic mass is 32.2. The lowest BCUT2D eigenvalue weighted by Crippen LogP contribution is -2.34. The van der Waals surface area contributed by atoms with Crippen molar-refractivity contribution in [3.8, 4) is 0 Å². The molecule has 0 spiro atoms. The van der Waals surface area contributed by atoms with Gasteiger partial charge in [0, 0.05) is 6.04 Å². The third-order valence-corrected chi connectivity index (χ3v) is 7.55. The molecule has 2 aromatic heterocycles. The van der Waals surface area contributed by atoms with E-state index in [4.69, 9.17) is 0 Å². The molecule has 2 heterocycles. The number of rotatable bonds is 6. The van der Waals surface area contributed by atoms with Crippen molar-refractivity contribution in [1.29, 1.82) is 0 Å². The fourth-order valence-electron chi connectivity index (χ4n) is 3.71. The molecule has 7 nitrogen and oxygen atoms in total. The lowest BCUT2D eigenvalue weighted by Gasteiger charge is -2.29. The van der Waals surface area contributed by atoms with E-state index in [0.29, 0.717) is 24.9 Å². The van der Waals surface area contributed by atoms with E-state index in [9.17, 15) is 8.42 Å². The quantitative estimate of drug-likeness (QED) is 0.677. The number of aryl methyl sites for hydroxylation is 1. The van der Waals surface area contributed by atoms with Crippen LogP contribution in [0, 0.1) is 0 Å². The Hall–Kier alpha value is -2.48. The van der Waals surface area contributed by atoms with E-state index < -0.39 is 9.84 Å². The average molecular weight is 385 g/mol. The summed E-state index contributed by atoms with van der Waals surface area (Å²) in [4.78, 5) is 8.44. The molecule has 8 heteroatoms. The molecular formula is C19H23N5O2S. The van der Waals surface area contributed by atoms with Gasteiger partial charge in [-0.05, 0) is 37.7 Å². The first-order valence-electron chi connectivity index (χ1n) is 9.28. The van der Waals surface area contributed by atoms with Gasteiger partial charge in [-0.15, -0.1) is 0 Å². The van der Waals surface area contributed by atoms with Crippen molar-refractivity contribution in [2.75, 3.05) is 11.1 Å². The molecule has 0 amide bonds. The molecule has 3 aromatic rings. The number of nitrogens with zero attached hydrogens (tertiary/aromatic N) is 3. The molecule has 0 unspecified atom stereocenters. The number of nitrogens with one attached hydrogen (secondary N) is 2. The minimum absolute atomic E-state index is 0.221. The standard InChI is InChI=1S/C19H23N5O2S/c25-27(26,11-10-14-4-2-1-3-5-14)16-8-6-15(7-9-16)23-18-17-12-22-24-19(17)21-13-20-18/h1-5,12-13,15-16H,6-11H2,(H2,20,21,22,23,24). The van der Waals surface area contributed by atoms with E-state index in [1.807, 2.05) is 30.3 Å². The van der Waals surface area contributed by atoms with Crippen molar-refractivity contribution >= 4 is 26.7 Å². The molecule has 1 aliphatic rings. The molecule has 1 saturated carbocycles. The Morgan fingerprint density at radius 3 is 2.63 bits per heavy atom. The van der Waals surface area contributed by atoms with Crippen LogP contribution >= 0.6 is 0 Å². The van der Waals surface area contributed by atoms with Gasteiger partial charge in [-0.2, -0.15) is 5.10 Å². The number of anilines is 1. The number of sulfone groups is 1.